The smallest absolute Gasteiger partial charge is 0.344 e. The lowest BCUT2D eigenvalue weighted by atomic mass is 9.90. The van der Waals surface area contributed by atoms with Crippen molar-refractivity contribution in [3.05, 3.63) is 33.2 Å². The molecular weight excluding hydrogens is 242 g/mol. The van der Waals surface area contributed by atoms with Crippen molar-refractivity contribution in [3.8, 4) is 0 Å². The van der Waals surface area contributed by atoms with Gasteiger partial charge in [-0.05, 0) is 57.6 Å². The number of esters is 1. The largest absolute Gasteiger partial charge is 0.456 e. The minimum Gasteiger partial charge on any atom is -0.456 e. The van der Waals surface area contributed by atoms with Gasteiger partial charge < -0.3 is 9.30 Å². The summed E-state index contributed by atoms with van der Waals surface area (Å²) in [6.07, 6.45) is 5.71. The molecular formula is C15H21NO3. The molecule has 1 aliphatic carbocycles. The van der Waals surface area contributed by atoms with Gasteiger partial charge in [0.2, 0.25) is 0 Å². The summed E-state index contributed by atoms with van der Waals surface area (Å²) in [7, 11) is 1.69. The fraction of sp³-hybridized carbons (Fsp3) is 0.600. The number of carbonyl (C=O) groups is 1. The molecule has 0 amide bonds. The number of nitrogens with zero attached hydrogens (tertiary/aromatic N) is 1. The van der Waals surface area contributed by atoms with Crippen LogP contribution in [0.25, 0.3) is 0 Å². The van der Waals surface area contributed by atoms with E-state index in [4.69, 9.17) is 4.74 Å². The van der Waals surface area contributed by atoms with Gasteiger partial charge in [0, 0.05) is 13.2 Å². The average molecular weight is 263 g/mol. The third-order valence-electron chi connectivity index (χ3n) is 3.30. The van der Waals surface area contributed by atoms with Crippen LogP contribution in [0.4, 0.5) is 0 Å². The van der Waals surface area contributed by atoms with Crippen LogP contribution in [0.3, 0.4) is 0 Å². The third kappa shape index (κ3) is 2.88. The molecule has 0 spiro atoms. The minimum atomic E-state index is -0.584. The topological polar surface area (TPSA) is 48.3 Å². The van der Waals surface area contributed by atoms with E-state index < -0.39 is 11.6 Å². The summed E-state index contributed by atoms with van der Waals surface area (Å²) in [5.74, 6) is -0.494. The number of carbonyl (C=O) groups excluding carboxylic acids is 1. The Balaban J connectivity index is 2.52. The van der Waals surface area contributed by atoms with Crippen molar-refractivity contribution in [3.63, 3.8) is 0 Å². The zero-order chi connectivity index (χ0) is 14.2. The zero-order valence-corrected chi connectivity index (χ0v) is 12.1. The van der Waals surface area contributed by atoms with Gasteiger partial charge >= 0.3 is 5.97 Å². The molecule has 1 aromatic heterocycles. The van der Waals surface area contributed by atoms with Crippen LogP contribution in [-0.4, -0.2) is 16.1 Å². The Kier molecular flexibility index (Phi) is 3.52. The van der Waals surface area contributed by atoms with E-state index in [9.17, 15) is 9.59 Å². The predicted octanol–water partition coefficient (Wildman–Crippen LogP) is 2.22. The average Bonchev–Trinajstić information content (AvgIpc) is 2.28. The van der Waals surface area contributed by atoms with Crippen LogP contribution in [0, 0.1) is 0 Å². The maximum absolute atomic E-state index is 12.3. The van der Waals surface area contributed by atoms with Crippen molar-refractivity contribution in [1.29, 1.82) is 0 Å². The number of fused-ring (bicyclic) bond motifs is 1. The Morgan fingerprint density at radius 3 is 2.53 bits per heavy atom. The molecule has 0 radical (unpaired) electrons. The highest BCUT2D eigenvalue weighted by molar-refractivity contribution is 5.91. The summed E-state index contributed by atoms with van der Waals surface area (Å²) < 4.78 is 6.86. The first-order valence-electron chi connectivity index (χ1n) is 6.74. The van der Waals surface area contributed by atoms with Gasteiger partial charge in [0.25, 0.3) is 5.56 Å². The number of pyridine rings is 1. The fourth-order valence-electron chi connectivity index (χ4n) is 2.49. The van der Waals surface area contributed by atoms with E-state index in [-0.39, 0.29) is 11.1 Å². The van der Waals surface area contributed by atoms with Gasteiger partial charge in [0.1, 0.15) is 11.2 Å². The summed E-state index contributed by atoms with van der Waals surface area (Å²) in [6.45, 7) is 5.43. The van der Waals surface area contributed by atoms with E-state index in [0.717, 1.165) is 36.8 Å². The van der Waals surface area contributed by atoms with Crippen LogP contribution in [0.15, 0.2) is 11.0 Å². The number of rotatable bonds is 1. The molecule has 104 valence electrons. The first kappa shape index (κ1) is 13.8. The van der Waals surface area contributed by atoms with Crippen LogP contribution >= 0.6 is 0 Å². The number of hydrogen-bond donors (Lipinski definition) is 0. The number of aryl methyl sites for hydroxylation is 2. The van der Waals surface area contributed by atoms with Gasteiger partial charge in [-0.1, -0.05) is 0 Å². The van der Waals surface area contributed by atoms with Crippen LogP contribution in [-0.2, 0) is 24.6 Å². The zero-order valence-electron chi connectivity index (χ0n) is 12.1. The molecule has 1 aromatic rings. The Morgan fingerprint density at radius 1 is 1.26 bits per heavy atom. The summed E-state index contributed by atoms with van der Waals surface area (Å²) in [5.41, 5.74) is 1.39. The molecule has 0 bridgehead atoms. The molecule has 1 heterocycles. The molecule has 19 heavy (non-hydrogen) atoms. The molecule has 0 unspecified atom stereocenters. The number of aromatic nitrogens is 1. The van der Waals surface area contributed by atoms with Gasteiger partial charge in [-0.25, -0.2) is 4.79 Å². The number of ether oxygens (including phenoxy) is 1. The molecule has 0 aliphatic heterocycles. The predicted molar refractivity (Wildman–Crippen MR) is 73.5 cm³/mol. The molecule has 4 heteroatoms. The second kappa shape index (κ2) is 4.83. The first-order chi connectivity index (χ1) is 8.79. The van der Waals surface area contributed by atoms with Crippen LogP contribution in [0.5, 0.6) is 0 Å². The van der Waals surface area contributed by atoms with E-state index in [1.165, 1.54) is 4.57 Å². The minimum absolute atomic E-state index is 0.231. The lowest BCUT2D eigenvalue weighted by Gasteiger charge is -2.23. The van der Waals surface area contributed by atoms with Crippen LogP contribution < -0.4 is 5.56 Å². The summed E-state index contributed by atoms with van der Waals surface area (Å²) in [5, 5.41) is 0. The Morgan fingerprint density at radius 2 is 1.89 bits per heavy atom. The van der Waals surface area contributed by atoms with Gasteiger partial charge in [0.05, 0.1) is 0 Å². The molecule has 0 saturated carbocycles. The van der Waals surface area contributed by atoms with E-state index in [0.29, 0.717) is 0 Å². The monoisotopic (exact) mass is 263 g/mol. The van der Waals surface area contributed by atoms with Crippen molar-refractivity contribution in [2.24, 2.45) is 7.05 Å². The molecule has 2 rings (SSSR count). The van der Waals surface area contributed by atoms with Crippen molar-refractivity contribution < 1.29 is 9.53 Å². The van der Waals surface area contributed by atoms with Crippen molar-refractivity contribution >= 4 is 5.97 Å². The highest BCUT2D eigenvalue weighted by Crippen LogP contribution is 2.23. The highest BCUT2D eigenvalue weighted by Gasteiger charge is 2.26. The van der Waals surface area contributed by atoms with E-state index in [1.807, 2.05) is 27.0 Å². The fourth-order valence-corrected chi connectivity index (χ4v) is 2.49. The maximum Gasteiger partial charge on any atom is 0.344 e. The summed E-state index contributed by atoms with van der Waals surface area (Å²) in [6, 6.07) is 0. The van der Waals surface area contributed by atoms with E-state index in [2.05, 4.69) is 0 Å². The second-order valence-corrected chi connectivity index (χ2v) is 6.13. The van der Waals surface area contributed by atoms with E-state index >= 15 is 0 Å². The second-order valence-electron chi connectivity index (χ2n) is 6.13. The lowest BCUT2D eigenvalue weighted by Crippen LogP contribution is -2.33. The van der Waals surface area contributed by atoms with Crippen LogP contribution in [0.1, 0.15) is 55.1 Å². The molecule has 0 atom stereocenters. The Labute approximate surface area is 113 Å². The first-order valence-corrected chi connectivity index (χ1v) is 6.74. The molecule has 4 nitrogen and oxygen atoms in total. The molecule has 0 saturated heterocycles. The standard InChI is InChI=1S/C15H21NO3/c1-15(2,3)19-14(18)12-11-8-6-5-7-10(11)9-16(4)13(12)17/h9H,5-8H2,1-4H3. The third-order valence-corrected chi connectivity index (χ3v) is 3.30. The Bertz CT molecular complexity index is 564. The molecule has 1 aliphatic rings. The van der Waals surface area contributed by atoms with Crippen molar-refractivity contribution in [2.75, 3.05) is 0 Å². The van der Waals surface area contributed by atoms with Gasteiger partial charge in [0.15, 0.2) is 0 Å². The van der Waals surface area contributed by atoms with Gasteiger partial charge in [-0.3, -0.25) is 4.79 Å². The van der Waals surface area contributed by atoms with Crippen LogP contribution in [0.2, 0.25) is 0 Å². The Hall–Kier alpha value is -1.58. The SMILES string of the molecule is Cn1cc2c(c(C(=O)OC(C)(C)C)c1=O)CCCC2. The number of hydrogen-bond acceptors (Lipinski definition) is 3. The van der Waals surface area contributed by atoms with Crippen molar-refractivity contribution in [2.45, 2.75) is 52.1 Å². The van der Waals surface area contributed by atoms with Crippen molar-refractivity contribution in [1.82, 2.24) is 4.57 Å². The summed E-state index contributed by atoms with van der Waals surface area (Å²) >= 11 is 0. The molecule has 0 N–H and O–H groups in total. The quantitative estimate of drug-likeness (QED) is 0.730. The molecule has 0 fully saturated rings. The molecule has 0 aromatic carbocycles. The van der Waals surface area contributed by atoms with E-state index in [1.54, 1.807) is 7.05 Å². The maximum atomic E-state index is 12.3. The highest BCUT2D eigenvalue weighted by atomic mass is 16.6. The van der Waals surface area contributed by atoms with Gasteiger partial charge in [-0.15, -0.1) is 0 Å². The van der Waals surface area contributed by atoms with Gasteiger partial charge in [-0.2, -0.15) is 0 Å². The summed E-state index contributed by atoms with van der Waals surface area (Å²) in [4.78, 5) is 24.5. The normalized spacial score (nSPS) is 14.9. The lowest BCUT2D eigenvalue weighted by molar-refractivity contribution is 0.00653.